The van der Waals surface area contributed by atoms with Crippen LogP contribution in [0.15, 0.2) is 24.3 Å². The summed E-state index contributed by atoms with van der Waals surface area (Å²) in [5.74, 6) is 1.71. The van der Waals surface area contributed by atoms with Gasteiger partial charge in [-0.1, -0.05) is 26.0 Å². The summed E-state index contributed by atoms with van der Waals surface area (Å²) in [6.45, 7) is 4.54. The molecule has 0 saturated carbocycles. The summed E-state index contributed by atoms with van der Waals surface area (Å²) in [7, 11) is 1.63. The normalized spacial score (nSPS) is 11.1. The van der Waals surface area contributed by atoms with Crippen LogP contribution in [0.2, 0.25) is 0 Å². The Labute approximate surface area is 109 Å². The highest BCUT2D eigenvalue weighted by Crippen LogP contribution is 2.27. The molecule has 4 nitrogen and oxygen atoms in total. The molecule has 0 aromatic heterocycles. The van der Waals surface area contributed by atoms with E-state index in [0.717, 1.165) is 24.3 Å². The lowest BCUT2D eigenvalue weighted by Crippen LogP contribution is -2.31. The fourth-order valence-electron chi connectivity index (χ4n) is 1.57. The molecule has 0 radical (unpaired) electrons. The third-order valence-corrected chi connectivity index (χ3v) is 3.00. The lowest BCUT2D eigenvalue weighted by molar-refractivity contribution is 0.272. The molecule has 1 aromatic rings. The van der Waals surface area contributed by atoms with E-state index in [0.29, 0.717) is 6.61 Å². The summed E-state index contributed by atoms with van der Waals surface area (Å²) in [6.07, 6.45) is 1.68. The van der Waals surface area contributed by atoms with Crippen molar-refractivity contribution >= 4 is 5.84 Å². The van der Waals surface area contributed by atoms with Gasteiger partial charge in [0.2, 0.25) is 0 Å². The van der Waals surface area contributed by atoms with Gasteiger partial charge in [-0.05, 0) is 25.0 Å². The van der Waals surface area contributed by atoms with E-state index in [2.05, 4.69) is 0 Å². The summed E-state index contributed by atoms with van der Waals surface area (Å²) >= 11 is 0. The Hall–Kier alpha value is -1.71. The summed E-state index contributed by atoms with van der Waals surface area (Å²) in [5.41, 5.74) is 5.27. The molecular formula is C14H22N2O2. The third-order valence-electron chi connectivity index (χ3n) is 3.00. The van der Waals surface area contributed by atoms with Crippen molar-refractivity contribution in [1.29, 1.82) is 5.41 Å². The Bertz CT molecular complexity index is 403. The van der Waals surface area contributed by atoms with E-state index >= 15 is 0 Å². The number of methoxy groups -OCH3 is 1. The van der Waals surface area contributed by atoms with Gasteiger partial charge in [0.15, 0.2) is 11.5 Å². The van der Waals surface area contributed by atoms with Crippen molar-refractivity contribution in [2.75, 3.05) is 13.7 Å². The Morgan fingerprint density at radius 3 is 2.44 bits per heavy atom. The molecule has 0 spiro atoms. The maximum absolute atomic E-state index is 7.48. The number of nitrogens with two attached hydrogens (primary N) is 1. The Morgan fingerprint density at radius 1 is 1.28 bits per heavy atom. The smallest absolute Gasteiger partial charge is 0.161 e. The van der Waals surface area contributed by atoms with Crippen LogP contribution >= 0.6 is 0 Å². The van der Waals surface area contributed by atoms with E-state index in [-0.39, 0.29) is 11.3 Å². The predicted molar refractivity (Wildman–Crippen MR) is 73.4 cm³/mol. The van der Waals surface area contributed by atoms with Crippen molar-refractivity contribution < 1.29 is 9.47 Å². The molecule has 18 heavy (non-hydrogen) atoms. The maximum Gasteiger partial charge on any atom is 0.161 e. The molecule has 0 bridgehead atoms. The minimum atomic E-state index is -0.260. The number of amidine groups is 1. The average Bonchev–Trinajstić information content (AvgIpc) is 2.35. The molecule has 4 heteroatoms. The minimum Gasteiger partial charge on any atom is -0.493 e. The van der Waals surface area contributed by atoms with Gasteiger partial charge in [-0.3, -0.25) is 5.41 Å². The monoisotopic (exact) mass is 250 g/mol. The number of ether oxygens (including phenoxy) is 2. The van der Waals surface area contributed by atoms with Gasteiger partial charge in [-0.15, -0.1) is 0 Å². The van der Waals surface area contributed by atoms with Gasteiger partial charge in [0.25, 0.3) is 0 Å². The van der Waals surface area contributed by atoms with Gasteiger partial charge in [-0.2, -0.15) is 0 Å². The minimum absolute atomic E-state index is 0.222. The average molecular weight is 250 g/mol. The molecule has 100 valence electrons. The first kappa shape index (κ1) is 14.4. The standard InChI is InChI=1S/C14H22N2O2/c1-14(2,13(15)16)9-6-10-18-12-8-5-4-7-11(12)17-3/h4-5,7-8H,6,9-10H2,1-3H3,(H3,15,16). The fourth-order valence-corrected chi connectivity index (χ4v) is 1.57. The predicted octanol–water partition coefficient (Wildman–Crippen LogP) is 2.82. The number of hydrogen-bond donors (Lipinski definition) is 2. The van der Waals surface area contributed by atoms with Crippen LogP contribution < -0.4 is 15.2 Å². The third kappa shape index (κ3) is 3.95. The second-order valence-corrected chi connectivity index (χ2v) is 4.90. The van der Waals surface area contributed by atoms with Crippen LogP contribution in [0, 0.1) is 10.8 Å². The van der Waals surface area contributed by atoms with Crippen LogP contribution in [-0.2, 0) is 0 Å². The first-order valence-electron chi connectivity index (χ1n) is 6.07. The van der Waals surface area contributed by atoms with Crippen LogP contribution in [0.5, 0.6) is 11.5 Å². The maximum atomic E-state index is 7.48. The van der Waals surface area contributed by atoms with Crippen LogP contribution in [-0.4, -0.2) is 19.6 Å². The van der Waals surface area contributed by atoms with Crippen molar-refractivity contribution in [1.82, 2.24) is 0 Å². The lowest BCUT2D eigenvalue weighted by atomic mass is 9.87. The van der Waals surface area contributed by atoms with E-state index in [1.165, 1.54) is 0 Å². The summed E-state index contributed by atoms with van der Waals surface area (Å²) < 4.78 is 10.9. The van der Waals surface area contributed by atoms with Crippen molar-refractivity contribution in [2.24, 2.45) is 11.1 Å². The van der Waals surface area contributed by atoms with E-state index in [9.17, 15) is 0 Å². The van der Waals surface area contributed by atoms with Crippen molar-refractivity contribution in [3.8, 4) is 11.5 Å². The number of para-hydroxylation sites is 2. The van der Waals surface area contributed by atoms with Crippen molar-refractivity contribution in [3.05, 3.63) is 24.3 Å². The molecule has 0 aliphatic rings. The molecule has 0 saturated heterocycles. The molecule has 0 fully saturated rings. The van der Waals surface area contributed by atoms with Gasteiger partial charge in [0.05, 0.1) is 19.6 Å². The van der Waals surface area contributed by atoms with E-state index in [1.54, 1.807) is 7.11 Å². The summed E-state index contributed by atoms with van der Waals surface area (Å²) in [6, 6.07) is 7.58. The molecule has 0 amide bonds. The number of nitrogens with one attached hydrogen (secondary N) is 1. The molecule has 3 N–H and O–H groups in total. The highest BCUT2D eigenvalue weighted by atomic mass is 16.5. The molecule has 0 heterocycles. The van der Waals surface area contributed by atoms with Crippen LogP contribution in [0.4, 0.5) is 0 Å². The molecule has 1 aromatic carbocycles. The van der Waals surface area contributed by atoms with Gasteiger partial charge < -0.3 is 15.2 Å². The largest absolute Gasteiger partial charge is 0.493 e. The quantitative estimate of drug-likeness (QED) is 0.444. The van der Waals surface area contributed by atoms with Gasteiger partial charge in [0, 0.05) is 5.41 Å². The molecule has 1 rings (SSSR count). The topological polar surface area (TPSA) is 68.3 Å². The molecule has 0 atom stereocenters. The van der Waals surface area contributed by atoms with Crippen LogP contribution in [0.3, 0.4) is 0 Å². The summed E-state index contributed by atoms with van der Waals surface area (Å²) in [5, 5.41) is 7.48. The zero-order valence-electron chi connectivity index (χ0n) is 11.3. The van der Waals surface area contributed by atoms with E-state index in [1.807, 2.05) is 38.1 Å². The number of rotatable bonds is 7. The van der Waals surface area contributed by atoms with Crippen molar-refractivity contribution in [3.63, 3.8) is 0 Å². The van der Waals surface area contributed by atoms with Gasteiger partial charge >= 0.3 is 0 Å². The van der Waals surface area contributed by atoms with Crippen molar-refractivity contribution in [2.45, 2.75) is 26.7 Å². The van der Waals surface area contributed by atoms with Crippen LogP contribution in [0.25, 0.3) is 0 Å². The SMILES string of the molecule is COc1ccccc1OCCCC(C)(C)C(=N)N. The second-order valence-electron chi connectivity index (χ2n) is 4.90. The second kappa shape index (κ2) is 6.28. The highest BCUT2D eigenvalue weighted by molar-refractivity contribution is 5.82. The number of hydrogen-bond acceptors (Lipinski definition) is 3. The molecule has 0 aliphatic carbocycles. The Balaban J connectivity index is 2.41. The highest BCUT2D eigenvalue weighted by Gasteiger charge is 2.20. The van der Waals surface area contributed by atoms with Crippen LogP contribution in [0.1, 0.15) is 26.7 Å². The lowest BCUT2D eigenvalue weighted by Gasteiger charge is -2.22. The van der Waals surface area contributed by atoms with Gasteiger partial charge in [0.1, 0.15) is 0 Å². The first-order valence-corrected chi connectivity index (χ1v) is 6.07. The Kier molecular flexibility index (Phi) is 5.01. The zero-order valence-corrected chi connectivity index (χ0v) is 11.3. The van der Waals surface area contributed by atoms with E-state index in [4.69, 9.17) is 20.6 Å². The zero-order chi connectivity index (χ0) is 13.6. The molecule has 0 aliphatic heterocycles. The molecule has 0 unspecified atom stereocenters. The first-order chi connectivity index (χ1) is 8.47. The van der Waals surface area contributed by atoms with Gasteiger partial charge in [-0.25, -0.2) is 0 Å². The van der Waals surface area contributed by atoms with E-state index < -0.39 is 0 Å². The summed E-state index contributed by atoms with van der Waals surface area (Å²) in [4.78, 5) is 0. The Morgan fingerprint density at radius 2 is 1.89 bits per heavy atom. The number of benzene rings is 1. The fraction of sp³-hybridized carbons (Fsp3) is 0.500. The molecular weight excluding hydrogens is 228 g/mol.